The standard InChI is InChI=1S/C6H10N2OS/c1-6-3-10-2-4(6)7-5(9)8-6/h4H,2-3H2,1H3,(H2,7,8,9)/t4?,6-/m0/s1. The summed E-state index contributed by atoms with van der Waals surface area (Å²) in [5.74, 6) is 2.09. The zero-order valence-corrected chi connectivity index (χ0v) is 6.62. The van der Waals surface area contributed by atoms with Gasteiger partial charge in [0.05, 0.1) is 11.6 Å². The third kappa shape index (κ3) is 0.714. The number of hydrogen-bond donors (Lipinski definition) is 2. The molecule has 0 bridgehead atoms. The van der Waals surface area contributed by atoms with Crippen LogP contribution in [0.3, 0.4) is 0 Å². The lowest BCUT2D eigenvalue weighted by Crippen LogP contribution is -2.45. The number of carbonyl (C=O) groups is 1. The quantitative estimate of drug-likeness (QED) is 0.493. The van der Waals surface area contributed by atoms with Crippen LogP contribution in [0.4, 0.5) is 4.79 Å². The van der Waals surface area contributed by atoms with Crippen molar-refractivity contribution >= 4 is 17.8 Å². The van der Waals surface area contributed by atoms with Gasteiger partial charge >= 0.3 is 6.03 Å². The van der Waals surface area contributed by atoms with Gasteiger partial charge in [-0.05, 0) is 6.92 Å². The van der Waals surface area contributed by atoms with Gasteiger partial charge in [0.15, 0.2) is 0 Å². The number of nitrogens with one attached hydrogen (secondary N) is 2. The fourth-order valence-electron chi connectivity index (χ4n) is 1.45. The normalized spacial score (nSPS) is 44.5. The number of fused-ring (bicyclic) bond motifs is 1. The second-order valence-corrected chi connectivity index (χ2v) is 4.11. The fourth-order valence-corrected chi connectivity index (χ4v) is 2.95. The van der Waals surface area contributed by atoms with Crippen LogP contribution in [0.15, 0.2) is 0 Å². The molecular formula is C6H10N2OS. The summed E-state index contributed by atoms with van der Waals surface area (Å²) in [6.45, 7) is 2.09. The van der Waals surface area contributed by atoms with E-state index in [1.165, 1.54) is 0 Å². The number of amides is 2. The van der Waals surface area contributed by atoms with E-state index in [2.05, 4.69) is 17.6 Å². The molecule has 2 aliphatic heterocycles. The number of hydrogen-bond acceptors (Lipinski definition) is 2. The van der Waals surface area contributed by atoms with E-state index >= 15 is 0 Å². The van der Waals surface area contributed by atoms with Gasteiger partial charge in [0.1, 0.15) is 0 Å². The summed E-state index contributed by atoms with van der Waals surface area (Å²) >= 11 is 1.89. The Balaban J connectivity index is 2.22. The Labute approximate surface area is 63.9 Å². The largest absolute Gasteiger partial charge is 0.332 e. The lowest BCUT2D eigenvalue weighted by atomic mass is 9.99. The summed E-state index contributed by atoms with van der Waals surface area (Å²) in [4.78, 5) is 10.8. The van der Waals surface area contributed by atoms with Crippen LogP contribution >= 0.6 is 11.8 Å². The average Bonchev–Trinajstić information content (AvgIpc) is 2.20. The molecule has 4 heteroatoms. The van der Waals surface area contributed by atoms with E-state index in [0.717, 1.165) is 11.5 Å². The predicted octanol–water partition coefficient (Wildman–Crippen LogP) is 0.173. The van der Waals surface area contributed by atoms with Gasteiger partial charge in [-0.3, -0.25) is 0 Å². The summed E-state index contributed by atoms with van der Waals surface area (Å²) in [6, 6.07) is 0.345. The summed E-state index contributed by atoms with van der Waals surface area (Å²) < 4.78 is 0. The minimum atomic E-state index is -0.00667. The molecule has 56 valence electrons. The van der Waals surface area contributed by atoms with Crippen molar-refractivity contribution in [2.75, 3.05) is 11.5 Å². The molecule has 0 aromatic heterocycles. The summed E-state index contributed by atoms with van der Waals surface area (Å²) in [7, 11) is 0. The summed E-state index contributed by atoms with van der Waals surface area (Å²) in [5.41, 5.74) is 0.0295. The minimum absolute atomic E-state index is 0.00667. The van der Waals surface area contributed by atoms with E-state index in [9.17, 15) is 4.79 Å². The van der Waals surface area contributed by atoms with Gasteiger partial charge < -0.3 is 10.6 Å². The third-order valence-electron chi connectivity index (χ3n) is 2.16. The molecule has 2 aliphatic rings. The van der Waals surface area contributed by atoms with Crippen molar-refractivity contribution in [2.24, 2.45) is 0 Å². The lowest BCUT2D eigenvalue weighted by molar-refractivity contribution is 0.246. The lowest BCUT2D eigenvalue weighted by Gasteiger charge is -2.20. The van der Waals surface area contributed by atoms with E-state index in [0.29, 0.717) is 6.04 Å². The third-order valence-corrected chi connectivity index (χ3v) is 3.53. The second-order valence-electron chi connectivity index (χ2n) is 3.08. The highest BCUT2D eigenvalue weighted by Gasteiger charge is 2.46. The highest BCUT2D eigenvalue weighted by Crippen LogP contribution is 2.30. The molecule has 2 atom stereocenters. The van der Waals surface area contributed by atoms with Crippen LogP contribution in [0.1, 0.15) is 6.92 Å². The molecule has 0 aromatic rings. The van der Waals surface area contributed by atoms with Crippen molar-refractivity contribution in [2.45, 2.75) is 18.5 Å². The number of rotatable bonds is 0. The summed E-state index contributed by atoms with van der Waals surface area (Å²) in [5, 5.41) is 5.81. The first-order valence-corrected chi connectivity index (χ1v) is 4.53. The molecule has 0 aliphatic carbocycles. The smallest absolute Gasteiger partial charge is 0.315 e. The minimum Gasteiger partial charge on any atom is -0.332 e. The van der Waals surface area contributed by atoms with Crippen LogP contribution in [0.25, 0.3) is 0 Å². The second kappa shape index (κ2) is 1.81. The van der Waals surface area contributed by atoms with E-state index in [-0.39, 0.29) is 11.6 Å². The van der Waals surface area contributed by atoms with Gasteiger partial charge in [0, 0.05) is 11.5 Å². The molecule has 2 saturated heterocycles. The van der Waals surface area contributed by atoms with Crippen molar-refractivity contribution in [1.29, 1.82) is 0 Å². The maximum atomic E-state index is 10.8. The summed E-state index contributed by atoms with van der Waals surface area (Å²) in [6.07, 6.45) is 0. The van der Waals surface area contributed by atoms with E-state index in [1.54, 1.807) is 0 Å². The Bertz CT molecular complexity index is 185. The van der Waals surface area contributed by atoms with Gasteiger partial charge in [-0.25, -0.2) is 4.79 Å². The van der Waals surface area contributed by atoms with Crippen LogP contribution in [0, 0.1) is 0 Å². The Kier molecular flexibility index (Phi) is 1.15. The Morgan fingerprint density at radius 2 is 2.60 bits per heavy atom. The van der Waals surface area contributed by atoms with Gasteiger partial charge in [-0.1, -0.05) is 0 Å². The molecule has 2 amide bonds. The number of thioether (sulfide) groups is 1. The Morgan fingerprint density at radius 3 is 3.30 bits per heavy atom. The zero-order chi connectivity index (χ0) is 7.19. The first-order chi connectivity index (χ1) is 4.71. The van der Waals surface area contributed by atoms with Gasteiger partial charge in [0.2, 0.25) is 0 Å². The van der Waals surface area contributed by atoms with Crippen LogP contribution in [0.2, 0.25) is 0 Å². The van der Waals surface area contributed by atoms with Crippen LogP contribution in [0.5, 0.6) is 0 Å². The molecule has 2 heterocycles. The Morgan fingerprint density at radius 1 is 1.80 bits per heavy atom. The average molecular weight is 158 g/mol. The highest BCUT2D eigenvalue weighted by molar-refractivity contribution is 7.99. The molecule has 10 heavy (non-hydrogen) atoms. The van der Waals surface area contributed by atoms with Crippen LogP contribution in [-0.2, 0) is 0 Å². The number of urea groups is 1. The van der Waals surface area contributed by atoms with E-state index in [4.69, 9.17) is 0 Å². The molecule has 1 unspecified atom stereocenters. The monoisotopic (exact) mass is 158 g/mol. The van der Waals surface area contributed by atoms with Gasteiger partial charge in [-0.15, -0.1) is 0 Å². The Hall–Kier alpha value is -0.380. The maximum Gasteiger partial charge on any atom is 0.315 e. The molecule has 2 rings (SSSR count). The van der Waals surface area contributed by atoms with Crippen molar-refractivity contribution in [3.05, 3.63) is 0 Å². The maximum absolute atomic E-state index is 10.8. The van der Waals surface area contributed by atoms with Crippen molar-refractivity contribution < 1.29 is 4.79 Å². The number of carbonyl (C=O) groups excluding carboxylic acids is 1. The molecular weight excluding hydrogens is 148 g/mol. The molecule has 0 radical (unpaired) electrons. The SMILES string of the molecule is C[C@]12CSCC1NC(=O)N2. The molecule has 0 saturated carbocycles. The molecule has 0 spiro atoms. The molecule has 3 nitrogen and oxygen atoms in total. The van der Waals surface area contributed by atoms with Gasteiger partial charge in [0.25, 0.3) is 0 Å². The van der Waals surface area contributed by atoms with Crippen LogP contribution in [-0.4, -0.2) is 29.1 Å². The molecule has 0 aromatic carbocycles. The molecule has 2 fully saturated rings. The highest BCUT2D eigenvalue weighted by atomic mass is 32.2. The van der Waals surface area contributed by atoms with Crippen molar-refractivity contribution in [3.63, 3.8) is 0 Å². The van der Waals surface area contributed by atoms with E-state index < -0.39 is 0 Å². The first-order valence-electron chi connectivity index (χ1n) is 3.37. The van der Waals surface area contributed by atoms with Crippen LogP contribution < -0.4 is 10.6 Å². The molecule has 2 N–H and O–H groups in total. The van der Waals surface area contributed by atoms with Crippen molar-refractivity contribution in [1.82, 2.24) is 10.6 Å². The predicted molar refractivity (Wildman–Crippen MR) is 41.2 cm³/mol. The van der Waals surface area contributed by atoms with Crippen molar-refractivity contribution in [3.8, 4) is 0 Å². The van der Waals surface area contributed by atoms with E-state index in [1.807, 2.05) is 11.8 Å². The first kappa shape index (κ1) is 6.34. The fraction of sp³-hybridized carbons (Fsp3) is 0.833. The van der Waals surface area contributed by atoms with Gasteiger partial charge in [-0.2, -0.15) is 11.8 Å². The zero-order valence-electron chi connectivity index (χ0n) is 5.81. The topological polar surface area (TPSA) is 41.1 Å².